The minimum atomic E-state index is 0.225. The van der Waals surface area contributed by atoms with Gasteiger partial charge in [0.05, 0.1) is 0 Å². The van der Waals surface area contributed by atoms with Gasteiger partial charge in [-0.05, 0) is 53.9 Å². The van der Waals surface area contributed by atoms with E-state index in [0.717, 1.165) is 43.2 Å². The van der Waals surface area contributed by atoms with Gasteiger partial charge in [0, 0.05) is 31.7 Å². The fourth-order valence-electron chi connectivity index (χ4n) is 3.41. The first-order valence-electron chi connectivity index (χ1n) is 9.70. The van der Waals surface area contributed by atoms with Crippen molar-refractivity contribution in [2.75, 3.05) is 11.4 Å². The van der Waals surface area contributed by atoms with Crippen molar-refractivity contribution >= 4 is 11.6 Å². The second-order valence-corrected chi connectivity index (χ2v) is 6.98. The number of anilines is 1. The standard InChI is InChI=1S/C24H24N2O2/c27-24-10-5-15-26(24)21-13-11-19(12-14-21)17-25-18-20-6-4-9-23(16-20)28-22-7-2-1-3-8-22/h1-4,6-9,11-14,16,25H,5,10,15,17-18H2. The van der Waals surface area contributed by atoms with Crippen LogP contribution in [0.5, 0.6) is 11.5 Å². The molecule has 1 N–H and O–H groups in total. The lowest BCUT2D eigenvalue weighted by Crippen LogP contribution is -2.23. The van der Waals surface area contributed by atoms with Gasteiger partial charge in [0.15, 0.2) is 0 Å². The van der Waals surface area contributed by atoms with E-state index in [-0.39, 0.29) is 5.91 Å². The Morgan fingerprint density at radius 3 is 2.32 bits per heavy atom. The molecule has 1 heterocycles. The van der Waals surface area contributed by atoms with Crippen LogP contribution < -0.4 is 15.0 Å². The van der Waals surface area contributed by atoms with Crippen LogP contribution in [-0.4, -0.2) is 12.5 Å². The van der Waals surface area contributed by atoms with E-state index in [0.29, 0.717) is 6.42 Å². The van der Waals surface area contributed by atoms with Gasteiger partial charge in [-0.3, -0.25) is 4.79 Å². The number of carbonyl (C=O) groups is 1. The van der Waals surface area contributed by atoms with Gasteiger partial charge in [-0.1, -0.05) is 42.5 Å². The fraction of sp³-hybridized carbons (Fsp3) is 0.208. The number of hydrogen-bond donors (Lipinski definition) is 1. The molecule has 0 bridgehead atoms. The van der Waals surface area contributed by atoms with Crippen LogP contribution in [0.25, 0.3) is 0 Å². The van der Waals surface area contributed by atoms with Crippen LogP contribution in [0.1, 0.15) is 24.0 Å². The summed E-state index contributed by atoms with van der Waals surface area (Å²) in [7, 11) is 0. The van der Waals surface area contributed by atoms with Crippen LogP contribution in [0.4, 0.5) is 5.69 Å². The lowest BCUT2D eigenvalue weighted by atomic mass is 10.1. The summed E-state index contributed by atoms with van der Waals surface area (Å²) in [6.07, 6.45) is 1.62. The number of hydrogen-bond acceptors (Lipinski definition) is 3. The van der Waals surface area contributed by atoms with Gasteiger partial charge in [-0.15, -0.1) is 0 Å². The highest BCUT2D eigenvalue weighted by Crippen LogP contribution is 2.23. The van der Waals surface area contributed by atoms with Crippen molar-refractivity contribution in [1.82, 2.24) is 5.32 Å². The highest BCUT2D eigenvalue weighted by Gasteiger charge is 2.21. The second-order valence-electron chi connectivity index (χ2n) is 6.98. The van der Waals surface area contributed by atoms with Gasteiger partial charge >= 0.3 is 0 Å². The molecule has 1 aliphatic rings. The Bertz CT molecular complexity index is 923. The number of amides is 1. The molecule has 1 amide bonds. The number of nitrogens with one attached hydrogen (secondary N) is 1. The first-order chi connectivity index (χ1) is 13.8. The predicted octanol–water partition coefficient (Wildman–Crippen LogP) is 4.90. The molecular weight excluding hydrogens is 348 g/mol. The monoisotopic (exact) mass is 372 g/mol. The summed E-state index contributed by atoms with van der Waals surface area (Å²) in [6.45, 7) is 2.37. The van der Waals surface area contributed by atoms with Crippen molar-refractivity contribution in [3.05, 3.63) is 90.0 Å². The van der Waals surface area contributed by atoms with Crippen molar-refractivity contribution in [2.45, 2.75) is 25.9 Å². The third-order valence-electron chi connectivity index (χ3n) is 4.86. The third kappa shape index (κ3) is 4.59. The highest BCUT2D eigenvalue weighted by molar-refractivity contribution is 5.95. The average molecular weight is 372 g/mol. The number of rotatable bonds is 7. The number of nitrogens with zero attached hydrogens (tertiary/aromatic N) is 1. The third-order valence-corrected chi connectivity index (χ3v) is 4.86. The Morgan fingerprint density at radius 2 is 1.57 bits per heavy atom. The van der Waals surface area contributed by atoms with Crippen molar-refractivity contribution in [1.29, 1.82) is 0 Å². The molecule has 0 radical (unpaired) electrons. The van der Waals surface area contributed by atoms with Crippen molar-refractivity contribution < 1.29 is 9.53 Å². The smallest absolute Gasteiger partial charge is 0.227 e. The largest absolute Gasteiger partial charge is 0.457 e. The van der Waals surface area contributed by atoms with Crippen LogP contribution >= 0.6 is 0 Å². The Kier molecular flexibility index (Phi) is 5.69. The molecule has 142 valence electrons. The molecule has 4 rings (SSSR count). The zero-order chi connectivity index (χ0) is 19.2. The van der Waals surface area contributed by atoms with Gasteiger partial charge in [0.1, 0.15) is 11.5 Å². The molecule has 1 saturated heterocycles. The molecule has 0 unspecified atom stereocenters. The van der Waals surface area contributed by atoms with E-state index in [1.807, 2.05) is 59.5 Å². The van der Waals surface area contributed by atoms with E-state index in [9.17, 15) is 4.79 Å². The molecule has 0 atom stereocenters. The summed E-state index contributed by atoms with van der Waals surface area (Å²) < 4.78 is 5.89. The fourth-order valence-corrected chi connectivity index (χ4v) is 3.41. The van der Waals surface area contributed by atoms with Gasteiger partial charge in [-0.25, -0.2) is 0 Å². The molecule has 0 aliphatic carbocycles. The second kappa shape index (κ2) is 8.72. The molecule has 0 saturated carbocycles. The summed E-state index contributed by atoms with van der Waals surface area (Å²) in [4.78, 5) is 13.7. The molecule has 1 fully saturated rings. The van der Waals surface area contributed by atoms with E-state index >= 15 is 0 Å². The van der Waals surface area contributed by atoms with E-state index < -0.39 is 0 Å². The number of para-hydroxylation sites is 1. The molecule has 0 aromatic heterocycles. The molecule has 0 spiro atoms. The Balaban J connectivity index is 1.30. The van der Waals surface area contributed by atoms with Crippen molar-refractivity contribution in [2.24, 2.45) is 0 Å². The normalized spacial score (nSPS) is 13.7. The van der Waals surface area contributed by atoms with Gasteiger partial charge < -0.3 is 15.0 Å². The summed E-state index contributed by atoms with van der Waals surface area (Å²) in [5.74, 6) is 1.90. The van der Waals surface area contributed by atoms with Gasteiger partial charge in [-0.2, -0.15) is 0 Å². The number of carbonyl (C=O) groups excluding carboxylic acids is 1. The Labute approximate surface area is 165 Å². The van der Waals surface area contributed by atoms with Crippen molar-refractivity contribution in [3.8, 4) is 11.5 Å². The summed E-state index contributed by atoms with van der Waals surface area (Å²) >= 11 is 0. The topological polar surface area (TPSA) is 41.6 Å². The Hall–Kier alpha value is -3.11. The van der Waals surface area contributed by atoms with E-state index in [1.54, 1.807) is 0 Å². The maximum Gasteiger partial charge on any atom is 0.227 e. The highest BCUT2D eigenvalue weighted by atomic mass is 16.5. The maximum absolute atomic E-state index is 11.8. The van der Waals surface area contributed by atoms with Gasteiger partial charge in [0.25, 0.3) is 0 Å². The van der Waals surface area contributed by atoms with Gasteiger partial charge in [0.2, 0.25) is 5.91 Å². The molecule has 3 aromatic carbocycles. The first-order valence-corrected chi connectivity index (χ1v) is 9.70. The zero-order valence-electron chi connectivity index (χ0n) is 15.8. The Morgan fingerprint density at radius 1 is 0.821 bits per heavy atom. The van der Waals surface area contributed by atoms with Crippen molar-refractivity contribution in [3.63, 3.8) is 0 Å². The summed E-state index contributed by atoms with van der Waals surface area (Å²) in [6, 6.07) is 26.2. The maximum atomic E-state index is 11.8. The number of ether oxygens (including phenoxy) is 1. The SMILES string of the molecule is O=C1CCCN1c1ccc(CNCc2cccc(Oc3ccccc3)c2)cc1. The van der Waals surface area contributed by atoms with Crippen LogP contribution in [0.3, 0.4) is 0 Å². The molecule has 1 aliphatic heterocycles. The van der Waals surface area contributed by atoms with E-state index in [2.05, 4.69) is 29.6 Å². The van der Waals surface area contributed by atoms with Crippen LogP contribution in [-0.2, 0) is 17.9 Å². The van der Waals surface area contributed by atoms with E-state index in [4.69, 9.17) is 4.74 Å². The molecule has 3 aromatic rings. The lowest BCUT2D eigenvalue weighted by molar-refractivity contribution is -0.117. The quantitative estimate of drug-likeness (QED) is 0.642. The average Bonchev–Trinajstić information content (AvgIpc) is 3.16. The molecule has 28 heavy (non-hydrogen) atoms. The minimum Gasteiger partial charge on any atom is -0.457 e. The van der Waals surface area contributed by atoms with Crippen LogP contribution in [0.15, 0.2) is 78.9 Å². The molecular formula is C24H24N2O2. The van der Waals surface area contributed by atoms with Crippen LogP contribution in [0, 0.1) is 0 Å². The number of benzene rings is 3. The van der Waals surface area contributed by atoms with Crippen LogP contribution in [0.2, 0.25) is 0 Å². The minimum absolute atomic E-state index is 0.225. The summed E-state index contributed by atoms with van der Waals surface area (Å²) in [5, 5.41) is 3.47. The lowest BCUT2D eigenvalue weighted by Gasteiger charge is -2.16. The first kappa shape index (κ1) is 18.3. The van der Waals surface area contributed by atoms with E-state index in [1.165, 1.54) is 11.1 Å². The zero-order valence-corrected chi connectivity index (χ0v) is 15.8. The molecule has 4 nitrogen and oxygen atoms in total. The molecule has 4 heteroatoms. The summed E-state index contributed by atoms with van der Waals surface area (Å²) in [5.41, 5.74) is 3.37. The predicted molar refractivity (Wildman–Crippen MR) is 112 cm³/mol.